The van der Waals surface area contributed by atoms with E-state index >= 15 is 0 Å². The Hall–Kier alpha value is -2.40. The van der Waals surface area contributed by atoms with Crippen molar-refractivity contribution in [3.8, 4) is 0 Å². The number of rotatable bonds is 3. The Morgan fingerprint density at radius 2 is 2.05 bits per heavy atom. The zero-order chi connectivity index (χ0) is 15.2. The van der Waals surface area contributed by atoms with E-state index < -0.39 is 0 Å². The zero-order valence-electron chi connectivity index (χ0n) is 11.8. The number of thiocarbonyl (C=S) groups is 1. The number of carbonyl (C=O) groups excluding carboxylic acids is 1. The highest BCUT2D eigenvalue weighted by Crippen LogP contribution is 2.17. The van der Waals surface area contributed by atoms with E-state index in [-0.39, 0.29) is 11.0 Å². The van der Waals surface area contributed by atoms with Gasteiger partial charge in [0.15, 0.2) is 5.11 Å². The van der Waals surface area contributed by atoms with Crippen molar-refractivity contribution in [2.24, 2.45) is 0 Å². The van der Waals surface area contributed by atoms with E-state index in [0.717, 1.165) is 16.8 Å². The van der Waals surface area contributed by atoms with Crippen molar-refractivity contribution < 1.29 is 9.21 Å². The Bertz CT molecular complexity index is 676. The maximum atomic E-state index is 11.7. The lowest BCUT2D eigenvalue weighted by Gasteiger charge is -2.12. The van der Waals surface area contributed by atoms with Crippen molar-refractivity contribution in [3.05, 3.63) is 59.6 Å². The maximum Gasteiger partial charge on any atom is 0.250 e. The number of hydrogen-bond acceptors (Lipinski definition) is 3. The molecule has 0 radical (unpaired) electrons. The molecule has 4 nitrogen and oxygen atoms in total. The van der Waals surface area contributed by atoms with E-state index in [0.29, 0.717) is 5.76 Å². The molecule has 0 saturated carbocycles. The molecule has 0 bridgehead atoms. The second-order valence-corrected chi connectivity index (χ2v) is 4.95. The van der Waals surface area contributed by atoms with E-state index in [9.17, 15) is 4.79 Å². The highest BCUT2D eigenvalue weighted by molar-refractivity contribution is 7.80. The fraction of sp³-hybridized carbons (Fsp3) is 0.125. The fourth-order valence-corrected chi connectivity index (χ4v) is 1.95. The first-order valence-electron chi connectivity index (χ1n) is 6.46. The molecule has 1 aromatic carbocycles. The largest absolute Gasteiger partial charge is 0.465 e. The Morgan fingerprint density at radius 3 is 2.76 bits per heavy atom. The first-order chi connectivity index (χ1) is 10.1. The van der Waals surface area contributed by atoms with Gasteiger partial charge in [-0.25, -0.2) is 0 Å². The molecule has 0 fully saturated rings. The van der Waals surface area contributed by atoms with Crippen LogP contribution in [0, 0.1) is 13.8 Å². The number of anilines is 1. The predicted octanol–water partition coefficient (Wildman–Crippen LogP) is 3.42. The van der Waals surface area contributed by atoms with Gasteiger partial charge in [0.1, 0.15) is 5.76 Å². The van der Waals surface area contributed by atoms with Crippen LogP contribution in [0.2, 0.25) is 0 Å². The van der Waals surface area contributed by atoms with Crippen molar-refractivity contribution >= 4 is 35.0 Å². The summed E-state index contributed by atoms with van der Waals surface area (Å²) in [5.41, 5.74) is 3.14. The molecule has 2 aromatic rings. The van der Waals surface area contributed by atoms with Crippen molar-refractivity contribution in [1.29, 1.82) is 0 Å². The molecule has 0 aliphatic carbocycles. The summed E-state index contributed by atoms with van der Waals surface area (Å²) in [5.74, 6) is 0.299. The molecule has 0 aliphatic rings. The first kappa shape index (κ1) is 15.0. The van der Waals surface area contributed by atoms with Gasteiger partial charge in [0.05, 0.1) is 6.26 Å². The Labute approximate surface area is 128 Å². The third kappa shape index (κ3) is 4.29. The van der Waals surface area contributed by atoms with E-state index in [1.807, 2.05) is 32.0 Å². The standard InChI is InChI=1S/C16H16N2O2S/c1-11-5-3-7-14(12(11)2)17-16(21)18-15(19)9-8-13-6-4-10-20-13/h3-10H,1-2H3,(H2,17,18,19,21)/b9-8+. The molecular formula is C16H16N2O2S. The van der Waals surface area contributed by atoms with Gasteiger partial charge in [-0.1, -0.05) is 12.1 Å². The molecule has 0 saturated heterocycles. The highest BCUT2D eigenvalue weighted by Gasteiger charge is 2.05. The number of benzene rings is 1. The van der Waals surface area contributed by atoms with Gasteiger partial charge in [0, 0.05) is 11.8 Å². The second kappa shape index (κ2) is 6.85. The molecular weight excluding hydrogens is 284 g/mol. The minimum absolute atomic E-state index is 0.262. The van der Waals surface area contributed by atoms with E-state index in [1.54, 1.807) is 24.5 Å². The van der Waals surface area contributed by atoms with Crippen LogP contribution in [0.25, 0.3) is 6.08 Å². The van der Waals surface area contributed by atoms with Crippen LogP contribution in [0.5, 0.6) is 0 Å². The summed E-state index contributed by atoms with van der Waals surface area (Å²) in [6.07, 6.45) is 4.50. The maximum absolute atomic E-state index is 11.7. The summed E-state index contributed by atoms with van der Waals surface area (Å²) in [7, 11) is 0. The molecule has 0 atom stereocenters. The van der Waals surface area contributed by atoms with Gasteiger partial charge in [-0.15, -0.1) is 0 Å². The number of hydrogen-bond donors (Lipinski definition) is 2. The molecule has 21 heavy (non-hydrogen) atoms. The molecule has 0 aliphatic heterocycles. The Balaban J connectivity index is 1.92. The molecule has 1 heterocycles. The third-order valence-electron chi connectivity index (χ3n) is 3.03. The Morgan fingerprint density at radius 1 is 1.24 bits per heavy atom. The van der Waals surface area contributed by atoms with Crippen molar-refractivity contribution in [2.45, 2.75) is 13.8 Å². The van der Waals surface area contributed by atoms with Gasteiger partial charge in [0.2, 0.25) is 5.91 Å². The minimum Gasteiger partial charge on any atom is -0.465 e. The average Bonchev–Trinajstić information content (AvgIpc) is 2.95. The molecule has 1 aromatic heterocycles. The lowest BCUT2D eigenvalue weighted by Crippen LogP contribution is -2.33. The monoisotopic (exact) mass is 300 g/mol. The van der Waals surface area contributed by atoms with Crippen LogP contribution in [0.1, 0.15) is 16.9 Å². The normalized spacial score (nSPS) is 10.6. The second-order valence-electron chi connectivity index (χ2n) is 4.54. The van der Waals surface area contributed by atoms with Crippen LogP contribution in [0.4, 0.5) is 5.69 Å². The van der Waals surface area contributed by atoms with E-state index in [2.05, 4.69) is 10.6 Å². The first-order valence-corrected chi connectivity index (χ1v) is 6.87. The lowest BCUT2D eigenvalue weighted by atomic mass is 10.1. The third-order valence-corrected chi connectivity index (χ3v) is 3.24. The van der Waals surface area contributed by atoms with E-state index in [1.165, 1.54) is 6.08 Å². The van der Waals surface area contributed by atoms with E-state index in [4.69, 9.17) is 16.6 Å². The number of furan rings is 1. The van der Waals surface area contributed by atoms with Crippen molar-refractivity contribution in [3.63, 3.8) is 0 Å². The van der Waals surface area contributed by atoms with Gasteiger partial charge in [0.25, 0.3) is 0 Å². The molecule has 108 valence electrons. The summed E-state index contributed by atoms with van der Waals surface area (Å²) in [4.78, 5) is 11.7. The summed E-state index contributed by atoms with van der Waals surface area (Å²) in [5, 5.41) is 5.87. The van der Waals surface area contributed by atoms with Gasteiger partial charge >= 0.3 is 0 Å². The Kier molecular flexibility index (Phi) is 4.90. The van der Waals surface area contributed by atoms with Crippen LogP contribution in [0.3, 0.4) is 0 Å². The van der Waals surface area contributed by atoms with Gasteiger partial charge in [-0.3, -0.25) is 10.1 Å². The number of aryl methyl sites for hydroxylation is 1. The topological polar surface area (TPSA) is 54.3 Å². The highest BCUT2D eigenvalue weighted by atomic mass is 32.1. The zero-order valence-corrected chi connectivity index (χ0v) is 12.7. The lowest BCUT2D eigenvalue weighted by molar-refractivity contribution is -0.115. The van der Waals surface area contributed by atoms with Crippen LogP contribution in [-0.4, -0.2) is 11.0 Å². The molecule has 1 amide bonds. The summed E-state index contributed by atoms with van der Waals surface area (Å²) in [6, 6.07) is 9.39. The SMILES string of the molecule is Cc1cccc(NC(=S)NC(=O)/C=C/c2ccco2)c1C. The number of carbonyl (C=O) groups is 1. The summed E-state index contributed by atoms with van der Waals surface area (Å²) < 4.78 is 5.10. The number of nitrogens with one attached hydrogen (secondary N) is 2. The fourth-order valence-electron chi connectivity index (χ4n) is 1.74. The quantitative estimate of drug-likeness (QED) is 0.673. The van der Waals surface area contributed by atoms with Gasteiger partial charge < -0.3 is 9.73 Å². The summed E-state index contributed by atoms with van der Waals surface area (Å²) in [6.45, 7) is 4.02. The van der Waals surface area contributed by atoms with Crippen LogP contribution < -0.4 is 10.6 Å². The van der Waals surface area contributed by atoms with Gasteiger partial charge in [-0.05, 0) is 61.5 Å². The smallest absolute Gasteiger partial charge is 0.250 e. The molecule has 0 spiro atoms. The number of amides is 1. The van der Waals surface area contributed by atoms with Crippen LogP contribution in [-0.2, 0) is 4.79 Å². The summed E-state index contributed by atoms with van der Waals surface area (Å²) >= 11 is 5.13. The van der Waals surface area contributed by atoms with Crippen LogP contribution >= 0.6 is 12.2 Å². The molecule has 0 unspecified atom stereocenters. The van der Waals surface area contributed by atoms with Crippen molar-refractivity contribution in [1.82, 2.24) is 5.32 Å². The molecule has 2 N–H and O–H groups in total. The van der Waals surface area contributed by atoms with Crippen LogP contribution in [0.15, 0.2) is 47.1 Å². The molecule has 2 rings (SSSR count). The predicted molar refractivity (Wildman–Crippen MR) is 88.0 cm³/mol. The molecule has 5 heteroatoms. The minimum atomic E-state index is -0.311. The van der Waals surface area contributed by atoms with Crippen molar-refractivity contribution in [2.75, 3.05) is 5.32 Å². The average molecular weight is 300 g/mol. The van der Waals surface area contributed by atoms with Gasteiger partial charge in [-0.2, -0.15) is 0 Å².